The second-order valence-electron chi connectivity index (χ2n) is 10.3. The molecule has 1 aliphatic heterocycles. The van der Waals surface area contributed by atoms with Gasteiger partial charge in [-0.25, -0.2) is 9.97 Å². The number of ether oxygens (including phenoxy) is 1. The smallest absolute Gasteiger partial charge is 0.303 e. The Labute approximate surface area is 226 Å². The standard InChI is InChI=1S/C29H31N7O3/c1-3-19-4-7-21(8-5-19)36-25-15-30-12-10-22(25)23-14-31-29(34-28(23)36)33-26-9-6-20-16-35(13-11-24(20)32-26)27(38)17-39-18(2)37/h3,6,9-10,12,14-15,19,21H,1,4-5,7-8,11,13,16-17H2,2H3,(H,31,32,33,34). The molecule has 2 aliphatic rings. The number of nitrogens with one attached hydrogen (secondary N) is 1. The van der Waals surface area contributed by atoms with E-state index >= 15 is 0 Å². The molecule has 0 saturated heterocycles. The molecule has 0 aromatic carbocycles. The molecular weight excluding hydrogens is 494 g/mol. The number of esters is 1. The fourth-order valence-corrected chi connectivity index (χ4v) is 5.76. The van der Waals surface area contributed by atoms with Gasteiger partial charge in [-0.1, -0.05) is 12.1 Å². The van der Waals surface area contributed by atoms with Gasteiger partial charge >= 0.3 is 5.97 Å². The molecule has 0 unspecified atom stereocenters. The molecule has 0 spiro atoms. The summed E-state index contributed by atoms with van der Waals surface area (Å²) in [6.45, 7) is 6.01. The molecule has 1 N–H and O–H groups in total. The Kier molecular flexibility index (Phi) is 6.68. The number of anilines is 2. The van der Waals surface area contributed by atoms with Crippen LogP contribution in [0.4, 0.5) is 11.8 Å². The maximum Gasteiger partial charge on any atom is 0.303 e. The van der Waals surface area contributed by atoms with E-state index < -0.39 is 5.97 Å². The van der Waals surface area contributed by atoms with E-state index in [2.05, 4.69) is 32.5 Å². The van der Waals surface area contributed by atoms with Crippen LogP contribution in [0.15, 0.2) is 49.4 Å². The van der Waals surface area contributed by atoms with Crippen LogP contribution >= 0.6 is 0 Å². The minimum atomic E-state index is -0.462. The van der Waals surface area contributed by atoms with Gasteiger partial charge in [0.05, 0.1) is 11.7 Å². The fourth-order valence-electron chi connectivity index (χ4n) is 5.76. The predicted octanol–water partition coefficient (Wildman–Crippen LogP) is 4.48. The summed E-state index contributed by atoms with van der Waals surface area (Å²) in [4.78, 5) is 43.8. The van der Waals surface area contributed by atoms with Gasteiger partial charge in [-0.2, -0.15) is 4.98 Å². The number of carbonyl (C=O) groups is 2. The molecule has 1 amide bonds. The lowest BCUT2D eigenvalue weighted by molar-refractivity contribution is -0.150. The SMILES string of the molecule is C=CC1CCC(n2c3cnccc3c3cnc(Nc4ccc5c(n4)CCN(C(=O)COC(C)=O)C5)nc32)CC1. The van der Waals surface area contributed by atoms with Crippen LogP contribution < -0.4 is 5.32 Å². The van der Waals surface area contributed by atoms with Crippen molar-refractivity contribution in [3.8, 4) is 0 Å². The van der Waals surface area contributed by atoms with Crippen LogP contribution in [-0.2, 0) is 27.3 Å². The van der Waals surface area contributed by atoms with Crippen molar-refractivity contribution in [3.05, 3.63) is 60.7 Å². The summed E-state index contributed by atoms with van der Waals surface area (Å²) in [5, 5.41) is 5.41. The number of hydrogen-bond acceptors (Lipinski definition) is 8. The highest BCUT2D eigenvalue weighted by molar-refractivity contribution is 6.06. The number of pyridine rings is 2. The summed E-state index contributed by atoms with van der Waals surface area (Å²) in [5.74, 6) is 1.05. The van der Waals surface area contributed by atoms with E-state index in [-0.39, 0.29) is 12.5 Å². The van der Waals surface area contributed by atoms with Crippen molar-refractivity contribution in [2.75, 3.05) is 18.5 Å². The fraction of sp³-hybridized carbons (Fsp3) is 0.379. The van der Waals surface area contributed by atoms with Gasteiger partial charge in [0.15, 0.2) is 6.61 Å². The summed E-state index contributed by atoms with van der Waals surface area (Å²) in [6, 6.07) is 6.23. The molecule has 0 radical (unpaired) electrons. The van der Waals surface area contributed by atoms with Crippen molar-refractivity contribution < 1.29 is 14.3 Å². The van der Waals surface area contributed by atoms with E-state index in [4.69, 9.17) is 14.7 Å². The first-order valence-electron chi connectivity index (χ1n) is 13.4. The number of allylic oxidation sites excluding steroid dienone is 1. The average Bonchev–Trinajstić information content (AvgIpc) is 3.29. The average molecular weight is 526 g/mol. The minimum Gasteiger partial charge on any atom is -0.456 e. The Hall–Kier alpha value is -4.34. The highest BCUT2D eigenvalue weighted by Gasteiger charge is 2.26. The lowest BCUT2D eigenvalue weighted by Gasteiger charge is -2.28. The Morgan fingerprint density at radius 3 is 2.77 bits per heavy atom. The van der Waals surface area contributed by atoms with Crippen molar-refractivity contribution >= 4 is 45.6 Å². The summed E-state index contributed by atoms with van der Waals surface area (Å²) in [6.07, 6.45) is 12.7. The Morgan fingerprint density at radius 2 is 1.97 bits per heavy atom. The Balaban J connectivity index is 1.25. The lowest BCUT2D eigenvalue weighted by atomic mass is 9.86. The summed E-state index contributed by atoms with van der Waals surface area (Å²) < 4.78 is 7.20. The van der Waals surface area contributed by atoms with E-state index in [9.17, 15) is 9.59 Å². The van der Waals surface area contributed by atoms with Gasteiger partial charge in [-0.05, 0) is 49.3 Å². The summed E-state index contributed by atoms with van der Waals surface area (Å²) in [7, 11) is 0. The first-order chi connectivity index (χ1) is 19.0. The zero-order chi connectivity index (χ0) is 26.9. The quantitative estimate of drug-likeness (QED) is 0.289. The van der Waals surface area contributed by atoms with Crippen LogP contribution in [0.1, 0.15) is 49.9 Å². The van der Waals surface area contributed by atoms with Crippen LogP contribution in [0, 0.1) is 5.92 Å². The zero-order valence-electron chi connectivity index (χ0n) is 22.0. The number of nitrogens with zero attached hydrogens (tertiary/aromatic N) is 6. The van der Waals surface area contributed by atoms with Gasteiger partial charge in [0.2, 0.25) is 5.95 Å². The number of carbonyl (C=O) groups excluding carboxylic acids is 2. The van der Waals surface area contributed by atoms with Crippen molar-refractivity contribution in [2.24, 2.45) is 5.92 Å². The van der Waals surface area contributed by atoms with Crippen LogP contribution in [0.5, 0.6) is 0 Å². The Morgan fingerprint density at radius 1 is 1.13 bits per heavy atom. The molecule has 10 nitrogen and oxygen atoms in total. The molecule has 6 rings (SSSR count). The minimum absolute atomic E-state index is 0.205. The second-order valence-corrected chi connectivity index (χ2v) is 10.3. The molecule has 1 aliphatic carbocycles. The number of aromatic nitrogens is 5. The number of fused-ring (bicyclic) bond motifs is 4. The van der Waals surface area contributed by atoms with Crippen molar-refractivity contribution in [1.29, 1.82) is 0 Å². The molecule has 200 valence electrons. The lowest BCUT2D eigenvalue weighted by Crippen LogP contribution is -2.38. The summed E-state index contributed by atoms with van der Waals surface area (Å²) in [5.41, 5.74) is 3.89. The first kappa shape index (κ1) is 25.0. The third kappa shape index (κ3) is 4.94. The van der Waals surface area contributed by atoms with Crippen LogP contribution in [0.25, 0.3) is 21.9 Å². The number of amides is 1. The maximum absolute atomic E-state index is 12.4. The monoisotopic (exact) mass is 525 g/mol. The topological polar surface area (TPSA) is 115 Å². The van der Waals surface area contributed by atoms with E-state index in [0.29, 0.717) is 43.2 Å². The molecule has 10 heteroatoms. The molecule has 4 aromatic rings. The number of hydrogen-bond donors (Lipinski definition) is 1. The van der Waals surface area contributed by atoms with Crippen molar-refractivity contribution in [2.45, 2.75) is 51.6 Å². The molecule has 4 aromatic heterocycles. The van der Waals surface area contributed by atoms with Gasteiger partial charge in [0.1, 0.15) is 11.5 Å². The van der Waals surface area contributed by atoms with Crippen LogP contribution in [-0.4, -0.2) is 54.4 Å². The van der Waals surface area contributed by atoms with Crippen LogP contribution in [0.3, 0.4) is 0 Å². The second kappa shape index (κ2) is 10.4. The van der Waals surface area contributed by atoms with Gasteiger partial charge < -0.3 is 19.5 Å². The normalized spacial score (nSPS) is 19.1. The van der Waals surface area contributed by atoms with Gasteiger partial charge in [-0.3, -0.25) is 14.6 Å². The summed E-state index contributed by atoms with van der Waals surface area (Å²) >= 11 is 0. The third-order valence-corrected chi connectivity index (χ3v) is 7.83. The van der Waals surface area contributed by atoms with Crippen molar-refractivity contribution in [3.63, 3.8) is 0 Å². The van der Waals surface area contributed by atoms with Crippen LogP contribution in [0.2, 0.25) is 0 Å². The molecule has 0 atom stereocenters. The third-order valence-electron chi connectivity index (χ3n) is 7.83. The van der Waals surface area contributed by atoms with Gasteiger partial charge in [-0.15, -0.1) is 6.58 Å². The maximum atomic E-state index is 12.4. The predicted molar refractivity (Wildman–Crippen MR) is 147 cm³/mol. The van der Waals surface area contributed by atoms with E-state index in [1.807, 2.05) is 36.8 Å². The molecule has 0 bridgehead atoms. The Bertz CT molecular complexity index is 1570. The first-order valence-corrected chi connectivity index (χ1v) is 13.4. The molecular formula is C29H31N7O3. The van der Waals surface area contributed by atoms with E-state index in [1.54, 1.807) is 4.90 Å². The number of rotatable bonds is 6. The molecule has 1 saturated carbocycles. The van der Waals surface area contributed by atoms with E-state index in [0.717, 1.165) is 58.9 Å². The largest absolute Gasteiger partial charge is 0.456 e. The zero-order valence-corrected chi connectivity index (χ0v) is 22.0. The highest BCUT2D eigenvalue weighted by Crippen LogP contribution is 2.38. The molecule has 1 fully saturated rings. The molecule has 39 heavy (non-hydrogen) atoms. The molecule has 5 heterocycles. The van der Waals surface area contributed by atoms with E-state index in [1.165, 1.54) is 6.92 Å². The van der Waals surface area contributed by atoms with Crippen molar-refractivity contribution in [1.82, 2.24) is 29.4 Å². The van der Waals surface area contributed by atoms with Gasteiger partial charge in [0.25, 0.3) is 5.91 Å². The highest BCUT2D eigenvalue weighted by atomic mass is 16.5. The van der Waals surface area contributed by atoms with Gasteiger partial charge in [0, 0.05) is 61.3 Å².